The Labute approximate surface area is 82.2 Å². The molecule has 0 aromatic rings. The van der Waals surface area contributed by atoms with Crippen LogP contribution in [0.3, 0.4) is 0 Å². The number of hydrogen-bond donors (Lipinski definition) is 3. The molecule has 0 fully saturated rings. The molecule has 5 nitrogen and oxygen atoms in total. The number of nitriles is 1. The average molecular weight is 195 g/mol. The molecule has 0 aromatic heterocycles. The van der Waals surface area contributed by atoms with Crippen molar-refractivity contribution in [3.63, 3.8) is 0 Å². The zero-order valence-electron chi connectivity index (χ0n) is 7.79. The summed E-state index contributed by atoms with van der Waals surface area (Å²) in [5, 5.41) is 19.4. The van der Waals surface area contributed by atoms with Gasteiger partial charge in [0.15, 0.2) is 0 Å². The number of hydrogen-bond acceptors (Lipinski definition) is 3. The SMILES string of the molecule is N#CC1=CCCC1(N)CCNC(=O)O. The molecule has 1 aliphatic rings. The third-order valence-electron chi connectivity index (χ3n) is 2.44. The van der Waals surface area contributed by atoms with Gasteiger partial charge in [-0.15, -0.1) is 0 Å². The zero-order chi connectivity index (χ0) is 10.6. The molecule has 0 bridgehead atoms. The van der Waals surface area contributed by atoms with Gasteiger partial charge < -0.3 is 16.2 Å². The van der Waals surface area contributed by atoms with Crippen LogP contribution in [0.15, 0.2) is 11.6 Å². The fourth-order valence-electron chi connectivity index (χ4n) is 1.62. The van der Waals surface area contributed by atoms with E-state index < -0.39 is 11.6 Å². The van der Waals surface area contributed by atoms with Crippen LogP contribution in [0.1, 0.15) is 19.3 Å². The van der Waals surface area contributed by atoms with E-state index in [0.29, 0.717) is 12.0 Å². The molecule has 14 heavy (non-hydrogen) atoms. The minimum absolute atomic E-state index is 0.283. The number of amides is 1. The van der Waals surface area contributed by atoms with Crippen LogP contribution in [0.5, 0.6) is 0 Å². The largest absolute Gasteiger partial charge is 0.465 e. The maximum atomic E-state index is 10.2. The third-order valence-corrected chi connectivity index (χ3v) is 2.44. The molecule has 0 spiro atoms. The van der Waals surface area contributed by atoms with Gasteiger partial charge in [0, 0.05) is 12.1 Å². The van der Waals surface area contributed by atoms with Crippen molar-refractivity contribution in [2.24, 2.45) is 5.73 Å². The van der Waals surface area contributed by atoms with Gasteiger partial charge in [-0.25, -0.2) is 4.79 Å². The summed E-state index contributed by atoms with van der Waals surface area (Å²) in [4.78, 5) is 10.2. The second-order valence-corrected chi connectivity index (χ2v) is 3.41. The van der Waals surface area contributed by atoms with Crippen molar-refractivity contribution in [1.82, 2.24) is 5.32 Å². The van der Waals surface area contributed by atoms with Crippen LogP contribution >= 0.6 is 0 Å². The first-order valence-electron chi connectivity index (χ1n) is 4.45. The number of rotatable bonds is 3. The minimum atomic E-state index is -1.06. The van der Waals surface area contributed by atoms with Crippen molar-refractivity contribution in [3.8, 4) is 6.07 Å². The van der Waals surface area contributed by atoms with Crippen LogP contribution in [0.2, 0.25) is 0 Å². The number of nitrogens with zero attached hydrogens (tertiary/aromatic N) is 1. The monoisotopic (exact) mass is 195 g/mol. The molecular formula is C9H13N3O2. The van der Waals surface area contributed by atoms with Gasteiger partial charge in [-0.2, -0.15) is 5.26 Å². The van der Waals surface area contributed by atoms with Crippen molar-refractivity contribution in [1.29, 1.82) is 5.26 Å². The van der Waals surface area contributed by atoms with Crippen molar-refractivity contribution >= 4 is 6.09 Å². The molecule has 1 amide bonds. The highest BCUT2D eigenvalue weighted by Crippen LogP contribution is 2.29. The predicted octanol–water partition coefficient (Wildman–Crippen LogP) is 0.585. The third kappa shape index (κ3) is 2.24. The highest BCUT2D eigenvalue weighted by atomic mass is 16.4. The molecule has 1 rings (SSSR count). The number of allylic oxidation sites excluding steroid dienone is 1. The molecule has 5 heteroatoms. The molecule has 1 atom stereocenters. The molecule has 0 aromatic carbocycles. The summed E-state index contributed by atoms with van der Waals surface area (Å²) in [5.74, 6) is 0. The molecule has 0 aliphatic heterocycles. The molecule has 76 valence electrons. The van der Waals surface area contributed by atoms with Crippen molar-refractivity contribution in [3.05, 3.63) is 11.6 Å². The minimum Gasteiger partial charge on any atom is -0.465 e. The highest BCUT2D eigenvalue weighted by molar-refractivity contribution is 5.64. The Morgan fingerprint density at radius 1 is 1.86 bits per heavy atom. The van der Waals surface area contributed by atoms with Gasteiger partial charge in [-0.1, -0.05) is 6.08 Å². The first-order chi connectivity index (χ1) is 6.58. The molecule has 0 heterocycles. The van der Waals surface area contributed by atoms with E-state index in [-0.39, 0.29) is 6.54 Å². The quantitative estimate of drug-likeness (QED) is 0.613. The predicted molar refractivity (Wildman–Crippen MR) is 50.5 cm³/mol. The van der Waals surface area contributed by atoms with Gasteiger partial charge >= 0.3 is 6.09 Å². The second kappa shape index (κ2) is 4.11. The molecule has 4 N–H and O–H groups in total. The Morgan fingerprint density at radius 3 is 3.14 bits per heavy atom. The van der Waals surface area contributed by atoms with E-state index in [1.54, 1.807) is 0 Å². The topological polar surface area (TPSA) is 99.1 Å². The van der Waals surface area contributed by atoms with Crippen molar-refractivity contribution in [2.45, 2.75) is 24.8 Å². The van der Waals surface area contributed by atoms with Crippen molar-refractivity contribution in [2.75, 3.05) is 6.54 Å². The smallest absolute Gasteiger partial charge is 0.404 e. The lowest BCUT2D eigenvalue weighted by atomic mass is 9.89. The summed E-state index contributed by atoms with van der Waals surface area (Å²) < 4.78 is 0. The lowest BCUT2D eigenvalue weighted by Crippen LogP contribution is -2.42. The Hall–Kier alpha value is -1.54. The highest BCUT2D eigenvalue weighted by Gasteiger charge is 2.32. The first-order valence-corrected chi connectivity index (χ1v) is 4.45. The normalized spacial score (nSPS) is 25.3. The van der Waals surface area contributed by atoms with Crippen LogP contribution in [0.4, 0.5) is 4.79 Å². The molecule has 1 unspecified atom stereocenters. The van der Waals surface area contributed by atoms with E-state index in [2.05, 4.69) is 11.4 Å². The summed E-state index contributed by atoms with van der Waals surface area (Å²) in [5.41, 5.74) is 5.92. The summed E-state index contributed by atoms with van der Waals surface area (Å²) in [6, 6.07) is 2.05. The lowest BCUT2D eigenvalue weighted by Gasteiger charge is -2.24. The maximum Gasteiger partial charge on any atom is 0.404 e. The van der Waals surface area contributed by atoms with Gasteiger partial charge in [0.05, 0.1) is 11.6 Å². The summed E-state index contributed by atoms with van der Waals surface area (Å²) in [6.45, 7) is 0.283. The van der Waals surface area contributed by atoms with Crippen LogP contribution in [-0.4, -0.2) is 23.3 Å². The Bertz CT molecular complexity index is 306. The van der Waals surface area contributed by atoms with Gasteiger partial charge in [0.1, 0.15) is 0 Å². The number of carboxylic acid groups (broad SMARTS) is 1. The summed E-state index contributed by atoms with van der Waals surface area (Å²) >= 11 is 0. The Balaban J connectivity index is 2.47. The van der Waals surface area contributed by atoms with Crippen LogP contribution in [0.25, 0.3) is 0 Å². The standard InChI is InChI=1S/C9H13N3O2/c10-6-7-2-1-3-9(7,11)4-5-12-8(13)14/h2,12H,1,3-5,11H2,(H,13,14). The van der Waals surface area contributed by atoms with E-state index in [0.717, 1.165) is 12.8 Å². The average Bonchev–Trinajstić information content (AvgIpc) is 2.46. The van der Waals surface area contributed by atoms with Crippen LogP contribution in [-0.2, 0) is 0 Å². The second-order valence-electron chi connectivity index (χ2n) is 3.41. The zero-order valence-corrected chi connectivity index (χ0v) is 7.79. The van der Waals surface area contributed by atoms with E-state index in [9.17, 15) is 4.79 Å². The van der Waals surface area contributed by atoms with E-state index in [1.165, 1.54) is 0 Å². The molecule has 0 saturated heterocycles. The fraction of sp³-hybridized carbons (Fsp3) is 0.556. The Morgan fingerprint density at radius 2 is 2.57 bits per heavy atom. The molecule has 0 radical (unpaired) electrons. The van der Waals surface area contributed by atoms with Gasteiger partial charge in [0.2, 0.25) is 0 Å². The summed E-state index contributed by atoms with van der Waals surface area (Å²) in [7, 11) is 0. The number of nitrogens with two attached hydrogens (primary N) is 1. The maximum absolute atomic E-state index is 10.2. The van der Waals surface area contributed by atoms with Gasteiger partial charge in [-0.05, 0) is 19.3 Å². The van der Waals surface area contributed by atoms with E-state index in [4.69, 9.17) is 16.1 Å². The molecular weight excluding hydrogens is 182 g/mol. The van der Waals surface area contributed by atoms with E-state index in [1.807, 2.05) is 6.08 Å². The van der Waals surface area contributed by atoms with Crippen molar-refractivity contribution < 1.29 is 9.90 Å². The number of nitrogens with one attached hydrogen (secondary N) is 1. The Kier molecular flexibility index (Phi) is 3.10. The van der Waals surface area contributed by atoms with Crippen LogP contribution in [0, 0.1) is 11.3 Å². The lowest BCUT2D eigenvalue weighted by molar-refractivity contribution is 0.193. The van der Waals surface area contributed by atoms with Gasteiger partial charge in [-0.3, -0.25) is 0 Å². The fourth-order valence-corrected chi connectivity index (χ4v) is 1.62. The van der Waals surface area contributed by atoms with Gasteiger partial charge in [0.25, 0.3) is 0 Å². The molecule has 0 saturated carbocycles. The molecule has 1 aliphatic carbocycles. The first kappa shape index (κ1) is 10.5. The summed E-state index contributed by atoms with van der Waals surface area (Å²) in [6.07, 6.45) is 2.75. The van der Waals surface area contributed by atoms with Crippen LogP contribution < -0.4 is 11.1 Å². The van der Waals surface area contributed by atoms with E-state index >= 15 is 0 Å². The number of carbonyl (C=O) groups is 1.